The minimum absolute atomic E-state index is 0.0317. The van der Waals surface area contributed by atoms with E-state index in [1.54, 1.807) is 30.3 Å². The Morgan fingerprint density at radius 2 is 1.70 bits per heavy atom. The molecule has 11 nitrogen and oxygen atoms in total. The molecule has 1 aliphatic carbocycles. The zero-order valence-electron chi connectivity index (χ0n) is 24.3. The summed E-state index contributed by atoms with van der Waals surface area (Å²) in [6, 6.07) is 11.6. The number of piperidine rings is 2. The minimum atomic E-state index is 0.0317. The molecule has 4 aliphatic heterocycles. The van der Waals surface area contributed by atoms with Crippen LogP contribution in [0.25, 0.3) is 0 Å². The number of phenols is 1. The highest BCUT2D eigenvalue weighted by atomic mass is 16.5. The van der Waals surface area contributed by atoms with Crippen molar-refractivity contribution in [3.05, 3.63) is 59.9 Å². The van der Waals surface area contributed by atoms with E-state index in [0.717, 1.165) is 70.1 Å². The summed E-state index contributed by atoms with van der Waals surface area (Å²) < 4.78 is 12.4. The molecule has 43 heavy (non-hydrogen) atoms. The number of aromatic nitrogens is 1. The molecule has 5 heterocycles. The summed E-state index contributed by atoms with van der Waals surface area (Å²) in [4.78, 5) is 7.15. The lowest BCUT2D eigenvalue weighted by Crippen LogP contribution is -2.49. The van der Waals surface area contributed by atoms with Crippen LogP contribution in [0.15, 0.2) is 59.5 Å². The molecule has 1 aromatic heterocycles. The second-order valence-corrected chi connectivity index (χ2v) is 12.4. The molecule has 1 aromatic carbocycles. The third kappa shape index (κ3) is 5.59. The van der Waals surface area contributed by atoms with Gasteiger partial charge in [-0.15, -0.1) is 0 Å². The molecule has 0 amide bonds. The fraction of sp³-hybridized carbons (Fsp3) is 0.500. The van der Waals surface area contributed by atoms with Crippen molar-refractivity contribution in [2.45, 2.75) is 87.8 Å². The summed E-state index contributed by atoms with van der Waals surface area (Å²) in [5, 5.41) is 37.1. The van der Waals surface area contributed by atoms with Gasteiger partial charge in [-0.3, -0.25) is 10.4 Å². The van der Waals surface area contributed by atoms with E-state index in [0.29, 0.717) is 41.4 Å². The summed E-state index contributed by atoms with van der Waals surface area (Å²) in [5.41, 5.74) is 8.36. The Morgan fingerprint density at radius 3 is 2.40 bits per heavy atom. The SMILES string of the molecule is N=C1C(N)=NN(C2CC3CCC(C2)N3c2ccc(O[C@H]3C[C@H](OC4CCNCC4)C3)nc2)/C1=C/C(=N)c1ccccc1O. The summed E-state index contributed by atoms with van der Waals surface area (Å²) in [6.45, 7) is 2.09. The number of nitrogens with zero attached hydrogens (tertiary/aromatic N) is 4. The number of para-hydroxylation sites is 1. The van der Waals surface area contributed by atoms with Crippen LogP contribution in [0.2, 0.25) is 0 Å². The van der Waals surface area contributed by atoms with Gasteiger partial charge >= 0.3 is 0 Å². The van der Waals surface area contributed by atoms with Crippen LogP contribution in [0.5, 0.6) is 11.6 Å². The predicted octanol–water partition coefficient (Wildman–Crippen LogP) is 3.52. The van der Waals surface area contributed by atoms with E-state index in [1.165, 1.54) is 0 Å². The molecule has 226 valence electrons. The number of rotatable bonds is 8. The maximum atomic E-state index is 10.2. The van der Waals surface area contributed by atoms with E-state index in [-0.39, 0.29) is 35.2 Å². The number of allylic oxidation sites excluding steroid dienone is 1. The topological polar surface area (TPSA) is 156 Å². The van der Waals surface area contributed by atoms with Crippen molar-refractivity contribution >= 4 is 22.9 Å². The quantitative estimate of drug-likeness (QED) is 0.295. The molecule has 6 N–H and O–H groups in total. The van der Waals surface area contributed by atoms with Gasteiger partial charge in [0.15, 0.2) is 5.84 Å². The normalized spacial score (nSPS) is 30.0. The first-order valence-corrected chi connectivity index (χ1v) is 15.5. The van der Waals surface area contributed by atoms with Crippen LogP contribution in [0.1, 0.15) is 56.9 Å². The molecule has 5 aliphatic rings. The van der Waals surface area contributed by atoms with Crippen molar-refractivity contribution in [3.63, 3.8) is 0 Å². The van der Waals surface area contributed by atoms with Crippen molar-refractivity contribution in [1.82, 2.24) is 15.3 Å². The fourth-order valence-electron chi connectivity index (χ4n) is 7.26. The lowest BCUT2D eigenvalue weighted by molar-refractivity contribution is -0.104. The number of hydrazone groups is 1. The van der Waals surface area contributed by atoms with E-state index >= 15 is 0 Å². The molecule has 3 saturated heterocycles. The molecule has 2 unspecified atom stereocenters. The number of pyridine rings is 1. The van der Waals surface area contributed by atoms with E-state index < -0.39 is 0 Å². The highest BCUT2D eigenvalue weighted by molar-refractivity contribution is 6.47. The van der Waals surface area contributed by atoms with E-state index in [4.69, 9.17) is 26.0 Å². The second kappa shape index (κ2) is 11.6. The molecule has 11 heteroatoms. The van der Waals surface area contributed by atoms with Gasteiger partial charge in [-0.2, -0.15) is 5.10 Å². The highest BCUT2D eigenvalue weighted by Gasteiger charge is 2.45. The first-order valence-electron chi connectivity index (χ1n) is 15.5. The third-order valence-corrected chi connectivity index (χ3v) is 9.53. The number of phenolic OH excluding ortho intramolecular Hbond substituents is 1. The zero-order chi connectivity index (χ0) is 29.5. The van der Waals surface area contributed by atoms with Crippen molar-refractivity contribution in [3.8, 4) is 11.6 Å². The monoisotopic (exact) mass is 584 g/mol. The van der Waals surface area contributed by atoms with Crippen LogP contribution in [0.4, 0.5) is 5.69 Å². The predicted molar refractivity (Wildman–Crippen MR) is 165 cm³/mol. The zero-order valence-corrected chi connectivity index (χ0v) is 24.3. The van der Waals surface area contributed by atoms with Crippen molar-refractivity contribution in [2.24, 2.45) is 10.8 Å². The van der Waals surface area contributed by atoms with Gasteiger partial charge in [-0.25, -0.2) is 4.98 Å². The molecule has 1 saturated carbocycles. The van der Waals surface area contributed by atoms with Gasteiger partial charge < -0.3 is 35.9 Å². The first kappa shape index (κ1) is 27.8. The number of hydrogen-bond acceptors (Lipinski definition) is 11. The van der Waals surface area contributed by atoms with Gasteiger partial charge in [0.1, 0.15) is 17.6 Å². The van der Waals surface area contributed by atoms with Gasteiger partial charge in [0, 0.05) is 36.6 Å². The number of benzene rings is 1. The van der Waals surface area contributed by atoms with Crippen LogP contribution in [0.3, 0.4) is 0 Å². The van der Waals surface area contributed by atoms with E-state index in [1.807, 2.05) is 17.3 Å². The van der Waals surface area contributed by atoms with Crippen LogP contribution in [-0.2, 0) is 4.74 Å². The van der Waals surface area contributed by atoms with E-state index in [2.05, 4.69) is 26.4 Å². The van der Waals surface area contributed by atoms with Gasteiger partial charge in [0.05, 0.1) is 41.5 Å². The standard InChI is InChI=1S/C32H40N8O3/c33-27(26-3-1-2-4-29(26)41)17-28-31(34)32(35)38-40(28)22-13-19-5-6-20(14-22)39(19)21-7-8-30(37-18-21)43-25-15-24(16-25)42-23-9-11-36-12-10-23/h1-4,7-8,17-20,22-25,33-34,36,41H,5-6,9-16H2,(H2,35,38)/b28-17+,33-27?,34-31?/t19?,20?,22?,24-,25-. The number of amidine groups is 1. The van der Waals surface area contributed by atoms with Crippen molar-refractivity contribution in [1.29, 1.82) is 10.8 Å². The summed E-state index contributed by atoms with van der Waals surface area (Å²) in [7, 11) is 0. The molecule has 2 atom stereocenters. The van der Waals surface area contributed by atoms with Gasteiger partial charge in [-0.1, -0.05) is 12.1 Å². The Hall–Kier alpha value is -3.96. The van der Waals surface area contributed by atoms with Crippen LogP contribution in [0, 0.1) is 10.8 Å². The Labute approximate surface area is 251 Å². The first-order chi connectivity index (χ1) is 20.9. The minimum Gasteiger partial charge on any atom is -0.507 e. The average molecular weight is 585 g/mol. The molecular formula is C32H40N8O3. The second-order valence-electron chi connectivity index (χ2n) is 12.4. The number of hydrogen-bond donors (Lipinski definition) is 5. The number of ether oxygens (including phenoxy) is 2. The molecule has 2 bridgehead atoms. The Morgan fingerprint density at radius 1 is 0.953 bits per heavy atom. The maximum absolute atomic E-state index is 10.2. The lowest BCUT2D eigenvalue weighted by Gasteiger charge is -2.43. The molecular weight excluding hydrogens is 544 g/mol. The highest BCUT2D eigenvalue weighted by Crippen LogP contribution is 2.42. The molecule has 4 fully saturated rings. The van der Waals surface area contributed by atoms with Crippen LogP contribution < -0.4 is 20.7 Å². The van der Waals surface area contributed by atoms with Gasteiger partial charge in [0.25, 0.3) is 0 Å². The number of nitrogens with two attached hydrogens (primary N) is 1. The fourth-order valence-corrected chi connectivity index (χ4v) is 7.26. The Kier molecular flexibility index (Phi) is 7.52. The molecule has 0 spiro atoms. The molecule has 0 radical (unpaired) electrons. The van der Waals surface area contributed by atoms with E-state index in [9.17, 15) is 5.11 Å². The lowest BCUT2D eigenvalue weighted by atomic mass is 9.91. The average Bonchev–Trinajstić information content (AvgIpc) is 3.43. The molecule has 7 rings (SSSR count). The number of anilines is 1. The maximum Gasteiger partial charge on any atom is 0.213 e. The summed E-state index contributed by atoms with van der Waals surface area (Å²) in [5.74, 6) is 0.851. The number of fused-ring (bicyclic) bond motifs is 2. The smallest absolute Gasteiger partial charge is 0.213 e. The van der Waals surface area contributed by atoms with Crippen LogP contribution in [-0.4, -0.2) is 81.9 Å². The van der Waals surface area contributed by atoms with Crippen molar-refractivity contribution in [2.75, 3.05) is 18.0 Å². The third-order valence-electron chi connectivity index (χ3n) is 9.53. The van der Waals surface area contributed by atoms with Gasteiger partial charge in [0.2, 0.25) is 5.88 Å². The Balaban J connectivity index is 0.974. The number of nitrogens with one attached hydrogen (secondary N) is 3. The Bertz CT molecular complexity index is 1420. The largest absolute Gasteiger partial charge is 0.507 e. The number of aromatic hydroxyl groups is 1. The van der Waals surface area contributed by atoms with Crippen LogP contribution >= 0.6 is 0 Å². The molecule has 2 aromatic rings. The summed E-state index contributed by atoms with van der Waals surface area (Å²) in [6.07, 6.45) is 12.3. The van der Waals surface area contributed by atoms with Gasteiger partial charge in [-0.05, 0) is 75.9 Å². The summed E-state index contributed by atoms with van der Waals surface area (Å²) >= 11 is 0. The van der Waals surface area contributed by atoms with Crippen molar-refractivity contribution < 1.29 is 14.6 Å².